The largest absolute Gasteiger partial charge is 0.515 e. The van der Waals surface area contributed by atoms with Gasteiger partial charge in [-0.15, -0.1) is 0 Å². The zero-order chi connectivity index (χ0) is 20.6. The van der Waals surface area contributed by atoms with Crippen molar-refractivity contribution in [1.29, 1.82) is 0 Å². The lowest BCUT2D eigenvalue weighted by molar-refractivity contribution is -0.116. The van der Waals surface area contributed by atoms with Crippen LogP contribution >= 0.6 is 0 Å². The Hall–Kier alpha value is -3.33. The van der Waals surface area contributed by atoms with Gasteiger partial charge in [-0.2, -0.15) is 0 Å². The number of hydrogen-bond acceptors (Lipinski definition) is 2. The zero-order valence-corrected chi connectivity index (χ0v) is 16.9. The quantitative estimate of drug-likeness (QED) is 0.382. The molecule has 0 spiro atoms. The van der Waals surface area contributed by atoms with E-state index in [1.54, 1.807) is 0 Å². The van der Waals surface area contributed by atoms with Crippen molar-refractivity contribution in [2.24, 2.45) is 0 Å². The summed E-state index contributed by atoms with van der Waals surface area (Å²) in [5.41, 5.74) is 5.48. The molecule has 0 bridgehead atoms. The number of carbonyl (C=O) groups excluding carboxylic acids is 1. The van der Waals surface area contributed by atoms with Gasteiger partial charge < -0.3 is 10.4 Å². The average Bonchev–Trinajstić information content (AvgIpc) is 2.76. The maximum Gasteiger partial charge on any atom is 0.255 e. The summed E-state index contributed by atoms with van der Waals surface area (Å²) in [6.07, 6.45) is 3.09. The minimum absolute atomic E-state index is 0.153. The van der Waals surface area contributed by atoms with E-state index in [2.05, 4.69) is 36.5 Å². The molecule has 0 heterocycles. The summed E-state index contributed by atoms with van der Waals surface area (Å²) >= 11 is 0. The van der Waals surface area contributed by atoms with Crippen molar-refractivity contribution in [2.45, 2.75) is 32.7 Å². The molecule has 3 aromatic carbocycles. The normalized spacial score (nSPS) is 12.4. The van der Waals surface area contributed by atoms with E-state index in [9.17, 15) is 9.90 Å². The Balaban J connectivity index is 1.72. The first-order valence-corrected chi connectivity index (χ1v) is 10.0. The Bertz CT molecular complexity index is 958. The van der Waals surface area contributed by atoms with Crippen LogP contribution < -0.4 is 5.32 Å². The van der Waals surface area contributed by atoms with Gasteiger partial charge in [-0.05, 0) is 41.2 Å². The molecule has 0 fully saturated rings. The second-order valence-electron chi connectivity index (χ2n) is 7.17. The maximum absolute atomic E-state index is 12.7. The Morgan fingerprint density at radius 3 is 2.07 bits per heavy atom. The van der Waals surface area contributed by atoms with Crippen molar-refractivity contribution in [3.63, 3.8) is 0 Å². The van der Waals surface area contributed by atoms with Crippen molar-refractivity contribution < 1.29 is 9.90 Å². The fourth-order valence-electron chi connectivity index (χ4n) is 3.36. The number of rotatable bonds is 7. The molecule has 0 saturated carbocycles. The highest BCUT2D eigenvalue weighted by Crippen LogP contribution is 2.24. The van der Waals surface area contributed by atoms with Crippen molar-refractivity contribution in [2.75, 3.05) is 0 Å². The molecule has 3 rings (SSSR count). The van der Waals surface area contributed by atoms with Gasteiger partial charge in [0.2, 0.25) is 0 Å². The number of aliphatic hydroxyl groups is 1. The number of nitrogens with one attached hydrogen (secondary N) is 1. The summed E-state index contributed by atoms with van der Waals surface area (Å²) in [7, 11) is 0. The zero-order valence-electron chi connectivity index (χ0n) is 16.9. The second-order valence-corrected chi connectivity index (χ2v) is 7.17. The number of benzene rings is 3. The Labute approximate surface area is 172 Å². The van der Waals surface area contributed by atoms with Crippen LogP contribution in [0.25, 0.3) is 16.7 Å². The molecule has 1 amide bonds. The summed E-state index contributed by atoms with van der Waals surface area (Å²) in [6.45, 7) is 4.10. The first-order chi connectivity index (χ1) is 14.1. The highest BCUT2D eigenvalue weighted by atomic mass is 16.2. The van der Waals surface area contributed by atoms with Crippen LogP contribution in [0.5, 0.6) is 0 Å². The van der Waals surface area contributed by atoms with Gasteiger partial charge >= 0.3 is 0 Å². The minimum Gasteiger partial charge on any atom is -0.515 e. The van der Waals surface area contributed by atoms with E-state index in [0.717, 1.165) is 35.8 Å². The number of amides is 1. The van der Waals surface area contributed by atoms with Gasteiger partial charge in [-0.1, -0.05) is 92.2 Å². The van der Waals surface area contributed by atoms with E-state index in [0.29, 0.717) is 5.56 Å². The molecule has 0 aliphatic rings. The highest BCUT2D eigenvalue weighted by molar-refractivity contribution is 6.19. The lowest BCUT2D eigenvalue weighted by atomic mass is 9.98. The van der Waals surface area contributed by atoms with Crippen LogP contribution in [0, 0.1) is 0 Å². The fourth-order valence-corrected chi connectivity index (χ4v) is 3.36. The van der Waals surface area contributed by atoms with Crippen LogP contribution in [0.2, 0.25) is 0 Å². The van der Waals surface area contributed by atoms with Gasteiger partial charge in [-0.25, -0.2) is 0 Å². The van der Waals surface area contributed by atoms with Crippen molar-refractivity contribution in [3.8, 4) is 11.1 Å². The van der Waals surface area contributed by atoms with Crippen LogP contribution in [-0.4, -0.2) is 11.0 Å². The molecule has 3 heteroatoms. The van der Waals surface area contributed by atoms with Gasteiger partial charge in [0, 0.05) is 0 Å². The molecule has 0 saturated heterocycles. The molecule has 0 aliphatic carbocycles. The van der Waals surface area contributed by atoms with Gasteiger partial charge in [0.05, 0.1) is 17.9 Å². The van der Waals surface area contributed by atoms with Crippen LogP contribution in [0.4, 0.5) is 0 Å². The Morgan fingerprint density at radius 1 is 0.931 bits per heavy atom. The molecular formula is C26H27NO2. The van der Waals surface area contributed by atoms with Crippen LogP contribution in [0.15, 0.2) is 85.1 Å². The van der Waals surface area contributed by atoms with Crippen LogP contribution in [0.1, 0.15) is 43.0 Å². The Morgan fingerprint density at radius 2 is 1.52 bits per heavy atom. The summed E-state index contributed by atoms with van der Waals surface area (Å²) in [5, 5.41) is 12.6. The van der Waals surface area contributed by atoms with E-state index in [4.69, 9.17) is 0 Å². The van der Waals surface area contributed by atoms with E-state index in [1.807, 2.05) is 61.5 Å². The first kappa shape index (κ1) is 20.4. The first-order valence-electron chi connectivity index (χ1n) is 10.0. The molecule has 0 aliphatic heterocycles. The predicted molar refractivity (Wildman–Crippen MR) is 119 cm³/mol. The predicted octanol–water partition coefficient (Wildman–Crippen LogP) is 6.08. The van der Waals surface area contributed by atoms with Crippen LogP contribution in [-0.2, 0) is 11.2 Å². The van der Waals surface area contributed by atoms with Gasteiger partial charge in [0.25, 0.3) is 5.91 Å². The smallest absolute Gasteiger partial charge is 0.255 e. The maximum atomic E-state index is 12.7. The molecule has 0 radical (unpaired) electrons. The van der Waals surface area contributed by atoms with E-state index in [1.165, 1.54) is 5.56 Å². The van der Waals surface area contributed by atoms with Crippen molar-refractivity contribution in [3.05, 3.63) is 102 Å². The van der Waals surface area contributed by atoms with E-state index < -0.39 is 0 Å². The second kappa shape index (κ2) is 9.74. The Kier molecular flexibility index (Phi) is 6.85. The average molecular weight is 386 g/mol. The molecule has 0 unspecified atom stereocenters. The summed E-state index contributed by atoms with van der Waals surface area (Å²) in [6, 6.07) is 25.8. The van der Waals surface area contributed by atoms with E-state index in [-0.39, 0.29) is 17.5 Å². The van der Waals surface area contributed by atoms with Gasteiger partial charge in [0.1, 0.15) is 0 Å². The molecule has 0 aromatic heterocycles. The fraction of sp³-hybridized carbons (Fsp3) is 0.192. The number of aliphatic hydroxyl groups excluding tert-OH is 1. The standard InChI is InChI=1S/C26H27NO2/c1-3-7-20-10-12-22(13-11-20)23-14-16-24(17-15-23)25(18-28)26(29)27-19(2)21-8-5-4-6-9-21/h4-6,8-19,28H,3,7H2,1-2H3,(H,27,29)/t19-/m1/s1. The van der Waals surface area contributed by atoms with Crippen molar-refractivity contribution >= 4 is 11.5 Å². The molecule has 148 valence electrons. The molecule has 3 aromatic rings. The molecular weight excluding hydrogens is 358 g/mol. The van der Waals surface area contributed by atoms with Gasteiger partial charge in [-0.3, -0.25) is 4.79 Å². The third-order valence-corrected chi connectivity index (χ3v) is 5.04. The SMILES string of the molecule is CCCc1ccc(-c2ccc(C(=CO)C(=O)N[C@H](C)c3ccccc3)cc2)cc1. The van der Waals surface area contributed by atoms with E-state index >= 15 is 0 Å². The lowest BCUT2D eigenvalue weighted by Crippen LogP contribution is -2.27. The monoisotopic (exact) mass is 385 g/mol. The number of aryl methyl sites for hydroxylation is 1. The highest BCUT2D eigenvalue weighted by Gasteiger charge is 2.16. The molecule has 1 atom stereocenters. The third kappa shape index (κ3) is 5.14. The number of hydrogen-bond donors (Lipinski definition) is 2. The molecule has 2 N–H and O–H groups in total. The lowest BCUT2D eigenvalue weighted by Gasteiger charge is -2.16. The van der Waals surface area contributed by atoms with Crippen molar-refractivity contribution in [1.82, 2.24) is 5.32 Å². The topological polar surface area (TPSA) is 49.3 Å². The third-order valence-electron chi connectivity index (χ3n) is 5.04. The number of carbonyl (C=O) groups is 1. The molecule has 3 nitrogen and oxygen atoms in total. The summed E-state index contributed by atoms with van der Waals surface area (Å²) in [4.78, 5) is 12.7. The minimum atomic E-state index is -0.305. The summed E-state index contributed by atoms with van der Waals surface area (Å²) < 4.78 is 0. The summed E-state index contributed by atoms with van der Waals surface area (Å²) in [5.74, 6) is -0.305. The molecule has 29 heavy (non-hydrogen) atoms. The van der Waals surface area contributed by atoms with Crippen LogP contribution in [0.3, 0.4) is 0 Å². The van der Waals surface area contributed by atoms with Gasteiger partial charge in [0.15, 0.2) is 0 Å².